The van der Waals surface area contributed by atoms with Crippen molar-refractivity contribution in [2.45, 2.75) is 26.4 Å². The van der Waals surface area contributed by atoms with E-state index in [9.17, 15) is 0 Å². The number of halogens is 2. The number of aryl methyl sites for hydroxylation is 1. The zero-order valence-electron chi connectivity index (χ0n) is 11.1. The molecular weight excluding hydrogens is 277 g/mol. The largest absolute Gasteiger partial charge is 0.306 e. The molecule has 0 saturated carbocycles. The summed E-state index contributed by atoms with van der Waals surface area (Å²) in [7, 11) is 0. The van der Waals surface area contributed by atoms with Crippen molar-refractivity contribution in [2.75, 3.05) is 0 Å². The van der Waals surface area contributed by atoms with E-state index in [1.165, 1.54) is 11.1 Å². The molecule has 0 radical (unpaired) electrons. The number of nitrogens with one attached hydrogen (secondary N) is 1. The fourth-order valence-corrected chi connectivity index (χ4v) is 2.61. The third-order valence-electron chi connectivity index (χ3n) is 3.29. The first-order valence-electron chi connectivity index (χ1n) is 6.31. The van der Waals surface area contributed by atoms with E-state index in [-0.39, 0.29) is 6.04 Å². The van der Waals surface area contributed by atoms with Crippen LogP contribution in [0.5, 0.6) is 0 Å². The molecule has 1 nitrogen and oxygen atoms in total. The molecule has 2 rings (SSSR count). The van der Waals surface area contributed by atoms with Crippen molar-refractivity contribution in [3.8, 4) is 0 Å². The van der Waals surface area contributed by atoms with E-state index < -0.39 is 0 Å². The fraction of sp³-hybridized carbons (Fsp3) is 0.250. The van der Waals surface area contributed by atoms with Gasteiger partial charge < -0.3 is 5.32 Å². The summed E-state index contributed by atoms with van der Waals surface area (Å²) >= 11 is 12.1. The van der Waals surface area contributed by atoms with Gasteiger partial charge in [0.1, 0.15) is 0 Å². The van der Waals surface area contributed by atoms with Crippen molar-refractivity contribution in [3.63, 3.8) is 0 Å². The van der Waals surface area contributed by atoms with Gasteiger partial charge in [0.2, 0.25) is 0 Å². The normalized spacial score (nSPS) is 12.4. The first-order valence-corrected chi connectivity index (χ1v) is 7.06. The maximum Gasteiger partial charge on any atom is 0.0468 e. The molecule has 0 aliphatic heterocycles. The number of hydrogen-bond donors (Lipinski definition) is 1. The van der Waals surface area contributed by atoms with E-state index in [4.69, 9.17) is 23.2 Å². The van der Waals surface area contributed by atoms with E-state index in [0.29, 0.717) is 10.0 Å². The van der Waals surface area contributed by atoms with Crippen LogP contribution in [0.4, 0.5) is 0 Å². The van der Waals surface area contributed by atoms with Crippen LogP contribution in [-0.2, 0) is 6.54 Å². The quantitative estimate of drug-likeness (QED) is 0.822. The van der Waals surface area contributed by atoms with Crippen LogP contribution in [-0.4, -0.2) is 0 Å². The van der Waals surface area contributed by atoms with E-state index >= 15 is 0 Å². The van der Waals surface area contributed by atoms with Gasteiger partial charge in [-0.15, -0.1) is 0 Å². The van der Waals surface area contributed by atoms with Crippen molar-refractivity contribution in [1.82, 2.24) is 5.32 Å². The molecule has 100 valence electrons. The molecule has 0 aliphatic rings. The van der Waals surface area contributed by atoms with Crippen LogP contribution in [0, 0.1) is 6.92 Å². The molecule has 0 spiro atoms. The van der Waals surface area contributed by atoms with Gasteiger partial charge in [-0.3, -0.25) is 0 Å². The summed E-state index contributed by atoms with van der Waals surface area (Å²) in [6.45, 7) is 5.05. The first-order chi connectivity index (χ1) is 9.08. The predicted molar refractivity (Wildman–Crippen MR) is 82.9 cm³/mol. The molecule has 1 unspecified atom stereocenters. The fourth-order valence-electron chi connectivity index (χ4n) is 2.03. The molecule has 0 aromatic heterocycles. The molecule has 2 aromatic rings. The van der Waals surface area contributed by atoms with Gasteiger partial charge in [0.15, 0.2) is 0 Å². The number of rotatable bonds is 4. The Balaban J connectivity index is 2.05. The Kier molecular flexibility index (Phi) is 4.87. The Morgan fingerprint density at radius 2 is 1.84 bits per heavy atom. The maximum absolute atomic E-state index is 6.21. The number of hydrogen-bond acceptors (Lipinski definition) is 1. The van der Waals surface area contributed by atoms with Gasteiger partial charge in [0.25, 0.3) is 0 Å². The Morgan fingerprint density at radius 1 is 1.11 bits per heavy atom. The lowest BCUT2D eigenvalue weighted by Gasteiger charge is -2.16. The molecule has 0 fully saturated rings. The minimum absolute atomic E-state index is 0.185. The van der Waals surface area contributed by atoms with Crippen LogP contribution in [0.15, 0.2) is 42.5 Å². The summed E-state index contributed by atoms with van der Waals surface area (Å²) in [5, 5.41) is 4.86. The number of benzene rings is 2. The Bertz CT molecular complexity index is 566. The zero-order chi connectivity index (χ0) is 13.8. The van der Waals surface area contributed by atoms with E-state index in [1.807, 2.05) is 12.1 Å². The van der Waals surface area contributed by atoms with Crippen LogP contribution in [0.3, 0.4) is 0 Å². The molecular formula is C16H17Cl2N. The van der Waals surface area contributed by atoms with Gasteiger partial charge in [0.05, 0.1) is 0 Å². The highest BCUT2D eigenvalue weighted by Gasteiger charge is 2.09. The third-order valence-corrected chi connectivity index (χ3v) is 3.85. The lowest BCUT2D eigenvalue weighted by molar-refractivity contribution is 0.573. The molecule has 0 heterocycles. The molecule has 3 heteroatoms. The van der Waals surface area contributed by atoms with Crippen molar-refractivity contribution in [3.05, 3.63) is 69.2 Å². The van der Waals surface area contributed by atoms with Crippen LogP contribution in [0.25, 0.3) is 0 Å². The molecule has 0 bridgehead atoms. The Hall–Kier alpha value is -1.02. The Labute approximate surface area is 124 Å². The monoisotopic (exact) mass is 293 g/mol. The molecule has 1 N–H and O–H groups in total. The first kappa shape index (κ1) is 14.4. The van der Waals surface area contributed by atoms with E-state index in [0.717, 1.165) is 12.1 Å². The van der Waals surface area contributed by atoms with Gasteiger partial charge in [0, 0.05) is 22.6 Å². The predicted octanol–water partition coefficient (Wildman–Crippen LogP) is 5.15. The second-order valence-corrected chi connectivity index (χ2v) is 5.54. The Morgan fingerprint density at radius 3 is 2.53 bits per heavy atom. The highest BCUT2D eigenvalue weighted by Crippen LogP contribution is 2.26. The van der Waals surface area contributed by atoms with Crippen LogP contribution in [0.2, 0.25) is 10.0 Å². The van der Waals surface area contributed by atoms with E-state index in [1.54, 1.807) is 6.07 Å². The average molecular weight is 294 g/mol. The molecule has 19 heavy (non-hydrogen) atoms. The molecule has 0 amide bonds. The van der Waals surface area contributed by atoms with Gasteiger partial charge in [-0.2, -0.15) is 0 Å². The maximum atomic E-state index is 6.21. The van der Waals surface area contributed by atoms with Gasteiger partial charge in [-0.05, 0) is 42.7 Å². The lowest BCUT2D eigenvalue weighted by Crippen LogP contribution is -2.18. The van der Waals surface area contributed by atoms with Crippen molar-refractivity contribution in [1.29, 1.82) is 0 Å². The minimum Gasteiger partial charge on any atom is -0.306 e. The van der Waals surface area contributed by atoms with Crippen LogP contribution in [0.1, 0.15) is 29.7 Å². The smallest absolute Gasteiger partial charge is 0.0468 e. The summed E-state index contributed by atoms with van der Waals surface area (Å²) in [5.41, 5.74) is 3.67. The zero-order valence-corrected chi connectivity index (χ0v) is 12.6. The lowest BCUT2D eigenvalue weighted by atomic mass is 10.1. The van der Waals surface area contributed by atoms with Crippen molar-refractivity contribution in [2.24, 2.45) is 0 Å². The summed E-state index contributed by atoms with van der Waals surface area (Å²) < 4.78 is 0. The van der Waals surface area contributed by atoms with Crippen molar-refractivity contribution < 1.29 is 0 Å². The average Bonchev–Trinajstić information content (AvgIpc) is 2.37. The summed E-state index contributed by atoms with van der Waals surface area (Å²) in [6.07, 6.45) is 0. The minimum atomic E-state index is 0.185. The molecule has 2 aromatic carbocycles. The third kappa shape index (κ3) is 3.73. The van der Waals surface area contributed by atoms with Gasteiger partial charge in [-0.25, -0.2) is 0 Å². The highest BCUT2D eigenvalue weighted by atomic mass is 35.5. The topological polar surface area (TPSA) is 12.0 Å². The van der Waals surface area contributed by atoms with Gasteiger partial charge >= 0.3 is 0 Å². The van der Waals surface area contributed by atoms with Gasteiger partial charge in [-0.1, -0.05) is 53.5 Å². The van der Waals surface area contributed by atoms with Crippen LogP contribution < -0.4 is 5.32 Å². The molecule has 0 saturated heterocycles. The summed E-state index contributed by atoms with van der Waals surface area (Å²) in [6, 6.07) is 14.2. The summed E-state index contributed by atoms with van der Waals surface area (Å²) in [5.74, 6) is 0. The standard InChI is InChI=1S/C16H17Cl2N/c1-11-5-3-4-6-13(11)10-19-12(2)15-8-7-14(17)9-16(15)18/h3-9,12,19H,10H2,1-2H3. The van der Waals surface area contributed by atoms with E-state index in [2.05, 4.69) is 43.4 Å². The molecule has 0 aliphatic carbocycles. The second-order valence-electron chi connectivity index (χ2n) is 4.69. The highest BCUT2D eigenvalue weighted by molar-refractivity contribution is 6.35. The second kappa shape index (κ2) is 6.42. The SMILES string of the molecule is Cc1ccccc1CNC(C)c1ccc(Cl)cc1Cl. The van der Waals surface area contributed by atoms with Crippen molar-refractivity contribution >= 4 is 23.2 Å². The summed E-state index contributed by atoms with van der Waals surface area (Å²) in [4.78, 5) is 0. The van der Waals surface area contributed by atoms with Crippen LogP contribution >= 0.6 is 23.2 Å². The molecule has 1 atom stereocenters.